The van der Waals surface area contributed by atoms with Crippen molar-refractivity contribution in [2.75, 3.05) is 28.6 Å². The zero-order chi connectivity index (χ0) is 19.2. The van der Waals surface area contributed by atoms with Crippen LogP contribution in [0.1, 0.15) is 0 Å². The van der Waals surface area contributed by atoms with Gasteiger partial charge >= 0.3 is 6.03 Å². The van der Waals surface area contributed by atoms with Gasteiger partial charge in [-0.15, -0.1) is 0 Å². The van der Waals surface area contributed by atoms with Gasteiger partial charge in [0.25, 0.3) is 5.92 Å². The van der Waals surface area contributed by atoms with Crippen molar-refractivity contribution < 1.29 is 18.0 Å². The number of rotatable bonds is 3. The maximum atomic E-state index is 14.1. The fraction of sp³-hybridized carbons (Fsp3) is 0.176. The van der Waals surface area contributed by atoms with E-state index in [0.29, 0.717) is 10.7 Å². The van der Waals surface area contributed by atoms with Crippen LogP contribution in [0.3, 0.4) is 0 Å². The summed E-state index contributed by atoms with van der Waals surface area (Å²) in [5.41, 5.74) is 1.29. The van der Waals surface area contributed by atoms with Gasteiger partial charge in [0.05, 0.1) is 30.0 Å². The first kappa shape index (κ1) is 17.5. The molecule has 0 unspecified atom stereocenters. The lowest BCUT2D eigenvalue weighted by Gasteiger charge is -2.39. The highest BCUT2D eigenvalue weighted by Gasteiger charge is 2.45. The molecule has 0 saturated carbocycles. The standard InChI is InChI=1S/C17H13ClF3N5O/c18-12-3-9(5-14-11(12)1-2-22-14)24-16(27)25-10-4-13(19)15(23-6-10)26-7-17(20,21)8-26/h1-6,22H,7-8H2,(H2,24,25,27). The minimum Gasteiger partial charge on any atom is -0.361 e. The molecule has 0 aliphatic carbocycles. The minimum absolute atomic E-state index is 0.0908. The Hall–Kier alpha value is -2.94. The molecule has 6 nitrogen and oxygen atoms in total. The first-order valence-electron chi connectivity index (χ1n) is 7.94. The molecule has 1 saturated heterocycles. The van der Waals surface area contributed by atoms with Crippen LogP contribution in [0, 0.1) is 5.82 Å². The summed E-state index contributed by atoms with van der Waals surface area (Å²) < 4.78 is 39.9. The van der Waals surface area contributed by atoms with Crippen LogP contribution >= 0.6 is 11.6 Å². The summed E-state index contributed by atoms with van der Waals surface area (Å²) in [6, 6.07) is 5.50. The first-order chi connectivity index (χ1) is 12.8. The molecular weight excluding hydrogens is 383 g/mol. The summed E-state index contributed by atoms with van der Waals surface area (Å²) in [5, 5.41) is 6.31. The summed E-state index contributed by atoms with van der Waals surface area (Å²) >= 11 is 6.15. The quantitative estimate of drug-likeness (QED) is 0.613. The van der Waals surface area contributed by atoms with Crippen molar-refractivity contribution in [3.63, 3.8) is 0 Å². The number of anilines is 3. The van der Waals surface area contributed by atoms with Gasteiger partial charge in [0.15, 0.2) is 11.6 Å². The number of nitrogens with one attached hydrogen (secondary N) is 3. The molecule has 1 aliphatic heterocycles. The number of hydrogen-bond acceptors (Lipinski definition) is 3. The van der Waals surface area contributed by atoms with Crippen LogP contribution in [0.5, 0.6) is 0 Å². The van der Waals surface area contributed by atoms with E-state index >= 15 is 0 Å². The molecule has 0 atom stereocenters. The van der Waals surface area contributed by atoms with Gasteiger partial charge in [0, 0.05) is 28.9 Å². The second-order valence-corrected chi connectivity index (χ2v) is 6.62. The van der Waals surface area contributed by atoms with E-state index in [2.05, 4.69) is 20.6 Å². The van der Waals surface area contributed by atoms with Gasteiger partial charge in [-0.1, -0.05) is 11.6 Å². The van der Waals surface area contributed by atoms with Crippen LogP contribution in [0.15, 0.2) is 36.7 Å². The number of halogens is 4. The molecule has 3 heterocycles. The maximum Gasteiger partial charge on any atom is 0.323 e. The van der Waals surface area contributed by atoms with Crippen molar-refractivity contribution in [3.05, 3.63) is 47.5 Å². The molecule has 27 heavy (non-hydrogen) atoms. The first-order valence-corrected chi connectivity index (χ1v) is 8.31. The molecule has 10 heteroatoms. The van der Waals surface area contributed by atoms with Crippen LogP contribution in [-0.2, 0) is 0 Å². The van der Waals surface area contributed by atoms with E-state index in [1.165, 1.54) is 6.20 Å². The van der Waals surface area contributed by atoms with Gasteiger partial charge in [-0.25, -0.2) is 22.9 Å². The largest absolute Gasteiger partial charge is 0.361 e. The third-order valence-corrected chi connectivity index (χ3v) is 4.41. The van der Waals surface area contributed by atoms with Crippen molar-refractivity contribution in [1.29, 1.82) is 0 Å². The van der Waals surface area contributed by atoms with Gasteiger partial charge in [0.2, 0.25) is 0 Å². The number of carbonyl (C=O) groups excluding carboxylic acids is 1. The van der Waals surface area contributed by atoms with Crippen molar-refractivity contribution in [3.8, 4) is 0 Å². The van der Waals surface area contributed by atoms with E-state index in [9.17, 15) is 18.0 Å². The topological polar surface area (TPSA) is 73.1 Å². The van der Waals surface area contributed by atoms with E-state index in [4.69, 9.17) is 11.6 Å². The molecule has 3 N–H and O–H groups in total. The lowest BCUT2D eigenvalue weighted by molar-refractivity contribution is -0.0270. The lowest BCUT2D eigenvalue weighted by Crippen LogP contribution is -2.57. The van der Waals surface area contributed by atoms with E-state index < -0.39 is 30.9 Å². The summed E-state index contributed by atoms with van der Waals surface area (Å²) in [4.78, 5) is 20.1. The van der Waals surface area contributed by atoms with E-state index in [-0.39, 0.29) is 11.5 Å². The highest BCUT2D eigenvalue weighted by Crippen LogP contribution is 2.32. The molecule has 1 fully saturated rings. The Morgan fingerprint density at radius 3 is 2.67 bits per heavy atom. The Kier molecular flexibility index (Phi) is 4.11. The van der Waals surface area contributed by atoms with Crippen molar-refractivity contribution in [2.24, 2.45) is 0 Å². The molecule has 3 aromatic rings. The van der Waals surface area contributed by atoms with Crippen molar-refractivity contribution in [2.45, 2.75) is 5.92 Å². The SMILES string of the molecule is O=C(Nc1cnc(N2CC(F)(F)C2)c(F)c1)Nc1cc(Cl)c2cc[nH]c2c1. The number of benzene rings is 1. The third kappa shape index (κ3) is 3.50. The number of alkyl halides is 2. The molecule has 140 valence electrons. The zero-order valence-electron chi connectivity index (χ0n) is 13.7. The Morgan fingerprint density at radius 1 is 1.22 bits per heavy atom. The molecule has 1 aromatic carbocycles. The predicted molar refractivity (Wildman–Crippen MR) is 97.3 cm³/mol. The number of aromatic nitrogens is 2. The van der Waals surface area contributed by atoms with Gasteiger partial charge in [-0.05, 0) is 18.2 Å². The predicted octanol–water partition coefficient (Wildman–Crippen LogP) is 4.45. The lowest BCUT2D eigenvalue weighted by atomic mass is 10.1. The van der Waals surface area contributed by atoms with Crippen molar-refractivity contribution >= 4 is 45.7 Å². The average molecular weight is 396 g/mol. The number of hydrogen-bond donors (Lipinski definition) is 3. The van der Waals surface area contributed by atoms with E-state index in [1.807, 2.05) is 6.07 Å². The van der Waals surface area contributed by atoms with Crippen LogP contribution < -0.4 is 15.5 Å². The van der Waals surface area contributed by atoms with Crippen molar-refractivity contribution in [1.82, 2.24) is 9.97 Å². The van der Waals surface area contributed by atoms with E-state index in [1.54, 1.807) is 18.3 Å². The Labute approximate surface area is 156 Å². The van der Waals surface area contributed by atoms with E-state index in [0.717, 1.165) is 21.9 Å². The molecule has 0 bridgehead atoms. The average Bonchev–Trinajstić information content (AvgIpc) is 3.01. The number of aromatic amines is 1. The number of urea groups is 1. The smallest absolute Gasteiger partial charge is 0.323 e. The summed E-state index contributed by atoms with van der Waals surface area (Å²) in [6.45, 7) is -1.15. The molecule has 2 amide bonds. The molecular formula is C17H13ClF3N5O. The van der Waals surface area contributed by atoms with Gasteiger partial charge in [0.1, 0.15) is 0 Å². The number of nitrogens with zero attached hydrogens (tertiary/aromatic N) is 2. The monoisotopic (exact) mass is 395 g/mol. The number of pyridine rings is 1. The number of carbonyl (C=O) groups is 1. The number of amides is 2. The highest BCUT2D eigenvalue weighted by molar-refractivity contribution is 6.35. The van der Waals surface area contributed by atoms with Crippen LogP contribution in [0.25, 0.3) is 10.9 Å². The zero-order valence-corrected chi connectivity index (χ0v) is 14.4. The third-order valence-electron chi connectivity index (χ3n) is 4.10. The second kappa shape index (κ2) is 6.34. The summed E-state index contributed by atoms with van der Waals surface area (Å²) in [5.74, 6) is -3.79. The van der Waals surface area contributed by atoms with Gasteiger partial charge in [-0.2, -0.15) is 0 Å². The normalized spacial score (nSPS) is 15.5. The highest BCUT2D eigenvalue weighted by atomic mass is 35.5. The van der Waals surface area contributed by atoms with Crippen LogP contribution in [0.2, 0.25) is 5.02 Å². The summed E-state index contributed by atoms with van der Waals surface area (Å²) in [7, 11) is 0. The molecule has 0 spiro atoms. The Balaban J connectivity index is 1.44. The molecule has 4 rings (SSSR count). The second-order valence-electron chi connectivity index (χ2n) is 6.22. The number of H-pyrrole nitrogens is 1. The fourth-order valence-electron chi connectivity index (χ4n) is 2.88. The van der Waals surface area contributed by atoms with Crippen LogP contribution in [0.4, 0.5) is 35.2 Å². The fourth-order valence-corrected chi connectivity index (χ4v) is 3.16. The Bertz CT molecular complexity index is 1030. The molecule has 1 aliphatic rings. The Morgan fingerprint density at radius 2 is 1.96 bits per heavy atom. The van der Waals surface area contributed by atoms with Gasteiger partial charge < -0.3 is 20.5 Å². The molecule has 2 aromatic heterocycles. The summed E-state index contributed by atoms with van der Waals surface area (Å²) in [6.07, 6.45) is 2.93. The van der Waals surface area contributed by atoms with Gasteiger partial charge in [-0.3, -0.25) is 0 Å². The maximum absolute atomic E-state index is 14.1. The van der Waals surface area contributed by atoms with Crippen LogP contribution in [-0.4, -0.2) is 35.0 Å². The number of fused-ring (bicyclic) bond motifs is 1. The minimum atomic E-state index is -2.83. The molecule has 0 radical (unpaired) electrons.